The van der Waals surface area contributed by atoms with Crippen LogP contribution in [0.5, 0.6) is 0 Å². The van der Waals surface area contributed by atoms with E-state index >= 15 is 0 Å². The number of amides is 1. The van der Waals surface area contributed by atoms with Crippen molar-refractivity contribution in [2.75, 3.05) is 5.75 Å². The highest BCUT2D eigenvalue weighted by Gasteiger charge is 2.32. The zero-order chi connectivity index (χ0) is 14.3. The molecule has 0 unspecified atom stereocenters. The van der Waals surface area contributed by atoms with Crippen LogP contribution in [0.1, 0.15) is 38.5 Å². The Morgan fingerprint density at radius 3 is 2.70 bits per heavy atom. The van der Waals surface area contributed by atoms with Crippen LogP contribution in [-0.2, 0) is 4.79 Å². The fourth-order valence-electron chi connectivity index (χ4n) is 2.40. The van der Waals surface area contributed by atoms with E-state index in [0.29, 0.717) is 0 Å². The number of nitriles is 1. The average molecular weight is 290 g/mol. The molecule has 6 heteroatoms. The maximum Gasteiger partial charge on any atom is 0.231 e. The molecular formula is C14H18N4OS. The summed E-state index contributed by atoms with van der Waals surface area (Å²) < 4.78 is 0. The molecule has 1 N–H and O–H groups in total. The van der Waals surface area contributed by atoms with E-state index in [1.165, 1.54) is 11.8 Å². The molecule has 0 bridgehead atoms. The van der Waals surface area contributed by atoms with Gasteiger partial charge in [-0.15, -0.1) is 0 Å². The summed E-state index contributed by atoms with van der Waals surface area (Å²) >= 11 is 1.34. The monoisotopic (exact) mass is 290 g/mol. The van der Waals surface area contributed by atoms with Gasteiger partial charge < -0.3 is 5.32 Å². The summed E-state index contributed by atoms with van der Waals surface area (Å²) in [6.45, 7) is 0. The van der Waals surface area contributed by atoms with Crippen molar-refractivity contribution in [3.8, 4) is 6.07 Å². The second kappa shape index (κ2) is 7.25. The largest absolute Gasteiger partial charge is 0.337 e. The van der Waals surface area contributed by atoms with Crippen LogP contribution in [0.4, 0.5) is 0 Å². The van der Waals surface area contributed by atoms with Gasteiger partial charge in [-0.3, -0.25) is 9.78 Å². The highest BCUT2D eigenvalue weighted by Crippen LogP contribution is 2.26. The molecule has 0 aliphatic heterocycles. The van der Waals surface area contributed by atoms with Gasteiger partial charge in [-0.2, -0.15) is 5.26 Å². The smallest absolute Gasteiger partial charge is 0.231 e. The van der Waals surface area contributed by atoms with E-state index in [1.54, 1.807) is 18.6 Å². The predicted octanol–water partition coefficient (Wildman–Crippen LogP) is 2.30. The first-order chi connectivity index (χ1) is 9.74. The lowest BCUT2D eigenvalue weighted by molar-refractivity contribution is -0.120. The van der Waals surface area contributed by atoms with Crippen LogP contribution in [0, 0.1) is 11.3 Å². The number of carbonyl (C=O) groups excluding carboxylic acids is 1. The number of nitrogens with one attached hydrogen (secondary N) is 1. The first-order valence-corrected chi connectivity index (χ1v) is 7.84. The van der Waals surface area contributed by atoms with E-state index in [9.17, 15) is 10.1 Å². The Morgan fingerprint density at radius 1 is 1.35 bits per heavy atom. The summed E-state index contributed by atoms with van der Waals surface area (Å²) in [5.41, 5.74) is -0.670. The molecule has 0 saturated heterocycles. The Hall–Kier alpha value is -1.61. The highest BCUT2D eigenvalue weighted by molar-refractivity contribution is 7.99. The Balaban J connectivity index is 1.87. The van der Waals surface area contributed by atoms with Crippen molar-refractivity contribution in [2.45, 2.75) is 49.1 Å². The van der Waals surface area contributed by atoms with E-state index in [1.807, 2.05) is 0 Å². The predicted molar refractivity (Wildman–Crippen MR) is 76.9 cm³/mol. The molecule has 20 heavy (non-hydrogen) atoms. The van der Waals surface area contributed by atoms with Crippen LogP contribution < -0.4 is 5.32 Å². The zero-order valence-electron chi connectivity index (χ0n) is 11.3. The van der Waals surface area contributed by atoms with Crippen LogP contribution in [0.15, 0.2) is 23.6 Å². The third kappa shape index (κ3) is 4.20. The third-order valence-electron chi connectivity index (χ3n) is 3.44. The van der Waals surface area contributed by atoms with E-state index in [4.69, 9.17) is 0 Å². The summed E-state index contributed by atoms with van der Waals surface area (Å²) in [5.74, 6) is 0.159. The second-order valence-corrected chi connectivity index (χ2v) is 5.98. The molecule has 1 aromatic heterocycles. The number of hydrogen-bond acceptors (Lipinski definition) is 5. The van der Waals surface area contributed by atoms with Crippen molar-refractivity contribution in [3.05, 3.63) is 18.6 Å². The van der Waals surface area contributed by atoms with Gasteiger partial charge in [-0.1, -0.05) is 37.4 Å². The van der Waals surface area contributed by atoms with Crippen molar-refractivity contribution in [2.24, 2.45) is 0 Å². The zero-order valence-corrected chi connectivity index (χ0v) is 12.2. The van der Waals surface area contributed by atoms with Crippen LogP contribution >= 0.6 is 11.8 Å². The molecular weight excluding hydrogens is 272 g/mol. The molecule has 1 heterocycles. The standard InChI is InChI=1S/C14H18N4OS/c15-11-14(5-3-1-2-4-6-14)18-12(19)10-20-13-9-16-7-8-17-13/h7-9H,1-6,10H2,(H,18,19). The highest BCUT2D eigenvalue weighted by atomic mass is 32.2. The first-order valence-electron chi connectivity index (χ1n) is 6.85. The Kier molecular flexibility index (Phi) is 5.36. The summed E-state index contributed by atoms with van der Waals surface area (Å²) in [7, 11) is 0. The second-order valence-electron chi connectivity index (χ2n) is 4.99. The minimum atomic E-state index is -0.670. The van der Waals surface area contributed by atoms with Gasteiger partial charge >= 0.3 is 0 Å². The van der Waals surface area contributed by atoms with Gasteiger partial charge in [0.1, 0.15) is 10.6 Å². The van der Waals surface area contributed by atoms with Gasteiger partial charge in [0, 0.05) is 12.4 Å². The lowest BCUT2D eigenvalue weighted by Gasteiger charge is -2.26. The van der Waals surface area contributed by atoms with Gasteiger partial charge in [0.25, 0.3) is 0 Å². The van der Waals surface area contributed by atoms with Crippen molar-refractivity contribution in [1.29, 1.82) is 5.26 Å². The minimum absolute atomic E-state index is 0.107. The quantitative estimate of drug-likeness (QED) is 0.680. The molecule has 1 aliphatic rings. The topological polar surface area (TPSA) is 78.7 Å². The summed E-state index contributed by atoms with van der Waals surface area (Å²) in [6, 6.07) is 2.32. The van der Waals surface area contributed by atoms with Crippen LogP contribution in [0.2, 0.25) is 0 Å². The maximum atomic E-state index is 12.0. The number of aromatic nitrogens is 2. The third-order valence-corrected chi connectivity index (χ3v) is 4.35. The Morgan fingerprint density at radius 2 is 2.10 bits per heavy atom. The molecule has 2 rings (SSSR count). The van der Waals surface area contributed by atoms with Crippen molar-refractivity contribution < 1.29 is 4.79 Å². The van der Waals surface area contributed by atoms with Gasteiger partial charge in [-0.05, 0) is 12.8 Å². The van der Waals surface area contributed by atoms with Crippen molar-refractivity contribution in [1.82, 2.24) is 15.3 Å². The lowest BCUT2D eigenvalue weighted by atomic mass is 9.92. The molecule has 0 atom stereocenters. The van der Waals surface area contributed by atoms with Crippen molar-refractivity contribution in [3.63, 3.8) is 0 Å². The normalized spacial score (nSPS) is 17.8. The number of hydrogen-bond donors (Lipinski definition) is 1. The molecule has 1 fully saturated rings. The number of carbonyl (C=O) groups is 1. The van der Waals surface area contributed by atoms with Gasteiger partial charge in [0.2, 0.25) is 5.91 Å². The molecule has 1 saturated carbocycles. The molecule has 1 aromatic rings. The SMILES string of the molecule is N#CC1(NC(=O)CSc2cnccn2)CCCCCC1. The average Bonchev–Trinajstić information content (AvgIpc) is 2.72. The number of thioether (sulfide) groups is 1. The summed E-state index contributed by atoms with van der Waals surface area (Å²) in [6.07, 6.45) is 10.6. The molecule has 5 nitrogen and oxygen atoms in total. The fraction of sp³-hybridized carbons (Fsp3) is 0.571. The molecule has 0 spiro atoms. The van der Waals surface area contributed by atoms with Crippen LogP contribution in [-0.4, -0.2) is 27.2 Å². The van der Waals surface area contributed by atoms with Gasteiger partial charge in [0.05, 0.1) is 18.0 Å². The molecule has 0 radical (unpaired) electrons. The van der Waals surface area contributed by atoms with E-state index in [-0.39, 0.29) is 11.7 Å². The molecule has 106 valence electrons. The van der Waals surface area contributed by atoms with E-state index in [0.717, 1.165) is 43.6 Å². The Labute approximate surface area is 123 Å². The van der Waals surface area contributed by atoms with Gasteiger partial charge in [0.15, 0.2) is 0 Å². The molecule has 1 amide bonds. The van der Waals surface area contributed by atoms with Crippen LogP contribution in [0.25, 0.3) is 0 Å². The lowest BCUT2D eigenvalue weighted by Crippen LogP contribution is -2.47. The number of rotatable bonds is 4. The van der Waals surface area contributed by atoms with E-state index in [2.05, 4.69) is 21.4 Å². The summed E-state index contributed by atoms with van der Waals surface area (Å²) in [5, 5.41) is 13.0. The molecule has 1 aliphatic carbocycles. The first kappa shape index (κ1) is 14.8. The fourth-order valence-corrected chi connectivity index (χ4v) is 3.02. The molecule has 0 aromatic carbocycles. The minimum Gasteiger partial charge on any atom is -0.337 e. The summed E-state index contributed by atoms with van der Waals surface area (Å²) in [4.78, 5) is 20.1. The number of nitrogens with zero attached hydrogens (tertiary/aromatic N) is 3. The van der Waals surface area contributed by atoms with Crippen molar-refractivity contribution >= 4 is 17.7 Å². The maximum absolute atomic E-state index is 12.0. The Bertz CT molecular complexity index is 478. The van der Waals surface area contributed by atoms with E-state index < -0.39 is 5.54 Å². The van der Waals surface area contributed by atoms with Gasteiger partial charge in [-0.25, -0.2) is 4.98 Å². The van der Waals surface area contributed by atoms with Crippen LogP contribution in [0.3, 0.4) is 0 Å².